The van der Waals surface area contributed by atoms with Crippen LogP contribution in [0.5, 0.6) is 5.75 Å². The van der Waals surface area contributed by atoms with E-state index in [4.69, 9.17) is 9.16 Å². The Kier molecular flexibility index (Phi) is 7.97. The molecule has 1 aliphatic rings. The number of piperidine rings is 1. The van der Waals surface area contributed by atoms with Gasteiger partial charge in [0.2, 0.25) is 8.32 Å². The van der Waals surface area contributed by atoms with E-state index in [-0.39, 0.29) is 17.5 Å². The summed E-state index contributed by atoms with van der Waals surface area (Å²) in [7, 11) is -2.03. The molecule has 0 saturated carbocycles. The average molecular weight is 532 g/mol. The van der Waals surface area contributed by atoms with E-state index in [9.17, 15) is 14.7 Å². The van der Waals surface area contributed by atoms with Gasteiger partial charge >= 0.3 is 12.1 Å². The molecule has 1 amide bonds. The molecule has 0 bridgehead atoms. The molecule has 1 heterocycles. The molecule has 0 aliphatic carbocycles. The lowest BCUT2D eigenvalue weighted by Gasteiger charge is -2.38. The zero-order valence-corrected chi connectivity index (χ0v) is 23.8. The van der Waals surface area contributed by atoms with Crippen molar-refractivity contribution in [1.29, 1.82) is 0 Å². The SMILES string of the molecule is CC(C)(C)[Si](C)(C)Oc1cccc([C@H]2CCN(C(=O)O)C[C@@H]2OC(=O)c2ccc(-c3ccccc3)cc2)c1. The number of amides is 1. The molecule has 0 spiro atoms. The summed E-state index contributed by atoms with van der Waals surface area (Å²) >= 11 is 0. The number of ether oxygens (including phenoxy) is 1. The molecular weight excluding hydrogens is 494 g/mol. The van der Waals surface area contributed by atoms with Gasteiger partial charge in [0.25, 0.3) is 0 Å². The standard InChI is InChI=1S/C31H37NO5Si/c1-31(2,3)38(4,5)37-26-13-9-12-25(20-26)27-18-19-32(30(34)35)21-28(27)36-29(33)24-16-14-23(15-17-24)22-10-7-6-8-11-22/h6-17,20,27-28H,18-19,21H2,1-5H3,(H,34,35)/t27-,28+/m1/s1. The first kappa shape index (κ1) is 27.5. The van der Waals surface area contributed by atoms with Crippen LogP contribution in [-0.2, 0) is 4.74 Å². The second-order valence-electron chi connectivity index (χ2n) is 11.4. The first-order valence-corrected chi connectivity index (χ1v) is 16.0. The minimum Gasteiger partial charge on any atom is -0.543 e. The second kappa shape index (κ2) is 11.0. The fourth-order valence-electron chi connectivity index (χ4n) is 4.48. The lowest BCUT2D eigenvalue weighted by atomic mass is 9.87. The first-order chi connectivity index (χ1) is 17.9. The maximum atomic E-state index is 13.2. The summed E-state index contributed by atoms with van der Waals surface area (Å²) in [5.41, 5.74) is 3.50. The number of carbonyl (C=O) groups excluding carboxylic acids is 1. The maximum Gasteiger partial charge on any atom is 0.407 e. The smallest absolute Gasteiger partial charge is 0.407 e. The summed E-state index contributed by atoms with van der Waals surface area (Å²) in [6.07, 6.45) is -1.06. The van der Waals surface area contributed by atoms with Crippen LogP contribution in [0.25, 0.3) is 11.1 Å². The second-order valence-corrected chi connectivity index (χ2v) is 16.2. The number of esters is 1. The van der Waals surface area contributed by atoms with E-state index in [0.29, 0.717) is 18.5 Å². The molecule has 1 saturated heterocycles. The van der Waals surface area contributed by atoms with E-state index in [0.717, 1.165) is 22.4 Å². The molecular formula is C31H37NO5Si. The van der Waals surface area contributed by atoms with Crippen molar-refractivity contribution >= 4 is 20.4 Å². The van der Waals surface area contributed by atoms with Crippen molar-refractivity contribution in [3.8, 4) is 16.9 Å². The third-order valence-electron chi connectivity index (χ3n) is 7.78. The molecule has 0 aromatic heterocycles. The molecule has 1 N–H and O–H groups in total. The van der Waals surface area contributed by atoms with Gasteiger partial charge in [0, 0.05) is 12.5 Å². The van der Waals surface area contributed by atoms with Crippen LogP contribution < -0.4 is 4.43 Å². The highest BCUT2D eigenvalue weighted by atomic mass is 28.4. The lowest BCUT2D eigenvalue weighted by molar-refractivity contribution is -0.0000449. The normalized spacial score (nSPS) is 18.1. The molecule has 1 aliphatic heterocycles. The summed E-state index contributed by atoms with van der Waals surface area (Å²) in [6.45, 7) is 11.5. The van der Waals surface area contributed by atoms with E-state index in [1.807, 2.05) is 66.7 Å². The predicted octanol–water partition coefficient (Wildman–Crippen LogP) is 7.43. The molecule has 0 radical (unpaired) electrons. The highest BCUT2D eigenvalue weighted by Gasteiger charge is 2.39. The summed E-state index contributed by atoms with van der Waals surface area (Å²) < 4.78 is 12.5. The lowest BCUT2D eigenvalue weighted by Crippen LogP contribution is -2.47. The summed E-state index contributed by atoms with van der Waals surface area (Å²) in [5, 5.41) is 9.68. The van der Waals surface area contributed by atoms with Crippen molar-refractivity contribution in [1.82, 2.24) is 4.90 Å². The minimum absolute atomic E-state index is 0.0595. The van der Waals surface area contributed by atoms with Gasteiger partial charge in [0.1, 0.15) is 11.9 Å². The van der Waals surface area contributed by atoms with Crippen molar-refractivity contribution in [2.75, 3.05) is 13.1 Å². The van der Waals surface area contributed by atoms with Crippen molar-refractivity contribution in [2.45, 2.75) is 57.3 Å². The highest BCUT2D eigenvalue weighted by molar-refractivity contribution is 6.74. The third-order valence-corrected chi connectivity index (χ3v) is 12.1. The van der Waals surface area contributed by atoms with E-state index < -0.39 is 26.5 Å². The first-order valence-electron chi connectivity index (χ1n) is 13.1. The van der Waals surface area contributed by atoms with Gasteiger partial charge in [-0.1, -0.05) is 75.4 Å². The zero-order chi connectivity index (χ0) is 27.5. The van der Waals surface area contributed by atoms with Crippen molar-refractivity contribution in [3.05, 3.63) is 90.0 Å². The van der Waals surface area contributed by atoms with E-state index in [1.165, 1.54) is 4.90 Å². The summed E-state index contributed by atoms with van der Waals surface area (Å²) in [4.78, 5) is 26.2. The largest absolute Gasteiger partial charge is 0.543 e. The van der Waals surface area contributed by atoms with Crippen LogP contribution in [0.1, 0.15) is 49.0 Å². The number of carboxylic acid groups (broad SMARTS) is 1. The molecule has 3 aromatic rings. The summed E-state index contributed by atoms with van der Waals surface area (Å²) in [6, 6.07) is 25.2. The minimum atomic E-state index is -2.03. The van der Waals surface area contributed by atoms with Crippen molar-refractivity contribution in [3.63, 3.8) is 0 Å². The van der Waals surface area contributed by atoms with Gasteiger partial charge in [-0.3, -0.25) is 0 Å². The molecule has 7 heteroatoms. The Labute approximate surface area is 226 Å². The van der Waals surface area contributed by atoms with Crippen molar-refractivity contribution in [2.24, 2.45) is 0 Å². The van der Waals surface area contributed by atoms with E-state index in [2.05, 4.69) is 33.9 Å². The van der Waals surface area contributed by atoms with Crippen LogP contribution in [0.2, 0.25) is 18.1 Å². The Morgan fingerprint density at radius 1 is 0.921 bits per heavy atom. The Morgan fingerprint density at radius 2 is 1.58 bits per heavy atom. The highest BCUT2D eigenvalue weighted by Crippen LogP contribution is 2.39. The van der Waals surface area contributed by atoms with Crippen molar-refractivity contribution < 1.29 is 23.9 Å². The fourth-order valence-corrected chi connectivity index (χ4v) is 5.50. The molecule has 6 nitrogen and oxygen atoms in total. The molecule has 200 valence electrons. The van der Waals surface area contributed by atoms with Crippen LogP contribution >= 0.6 is 0 Å². The molecule has 38 heavy (non-hydrogen) atoms. The monoisotopic (exact) mass is 531 g/mol. The van der Waals surface area contributed by atoms with Gasteiger partial charge in [-0.15, -0.1) is 0 Å². The van der Waals surface area contributed by atoms with Crippen LogP contribution in [-0.4, -0.2) is 49.6 Å². The molecule has 2 atom stereocenters. The number of likely N-dealkylation sites (tertiary alicyclic amines) is 1. The van der Waals surface area contributed by atoms with Crippen LogP contribution in [0.4, 0.5) is 4.79 Å². The predicted molar refractivity (Wildman–Crippen MR) is 152 cm³/mol. The number of nitrogens with zero attached hydrogens (tertiary/aromatic N) is 1. The number of benzene rings is 3. The van der Waals surface area contributed by atoms with Gasteiger partial charge in [0.15, 0.2) is 0 Å². The summed E-state index contributed by atoms with van der Waals surface area (Å²) in [5.74, 6) is 0.206. The van der Waals surface area contributed by atoms with Gasteiger partial charge < -0.3 is 19.2 Å². The quantitative estimate of drug-likeness (QED) is 0.264. The van der Waals surface area contributed by atoms with Gasteiger partial charge in [-0.2, -0.15) is 0 Å². The zero-order valence-electron chi connectivity index (χ0n) is 22.8. The number of rotatable bonds is 6. The fraction of sp³-hybridized carbons (Fsp3) is 0.355. The van der Waals surface area contributed by atoms with Gasteiger partial charge in [-0.05, 0) is 65.5 Å². The Bertz CT molecular complexity index is 1270. The van der Waals surface area contributed by atoms with E-state index >= 15 is 0 Å². The Balaban J connectivity index is 1.55. The van der Waals surface area contributed by atoms with Gasteiger partial charge in [-0.25, -0.2) is 9.59 Å². The average Bonchev–Trinajstić information content (AvgIpc) is 2.88. The maximum absolute atomic E-state index is 13.2. The van der Waals surface area contributed by atoms with Crippen LogP contribution in [0.15, 0.2) is 78.9 Å². The molecule has 3 aromatic carbocycles. The number of hydrogen-bond acceptors (Lipinski definition) is 4. The third kappa shape index (κ3) is 6.27. The molecule has 0 unspecified atom stereocenters. The molecule has 4 rings (SSSR count). The van der Waals surface area contributed by atoms with E-state index in [1.54, 1.807) is 12.1 Å². The number of hydrogen-bond donors (Lipinski definition) is 1. The van der Waals surface area contributed by atoms with Crippen LogP contribution in [0.3, 0.4) is 0 Å². The van der Waals surface area contributed by atoms with Crippen LogP contribution in [0, 0.1) is 0 Å². The Hall–Kier alpha value is -3.58. The molecule has 1 fully saturated rings. The van der Waals surface area contributed by atoms with Gasteiger partial charge in [0.05, 0.1) is 12.1 Å². The number of carbonyl (C=O) groups is 2. The Morgan fingerprint density at radius 3 is 2.21 bits per heavy atom. The topological polar surface area (TPSA) is 76.1 Å².